The van der Waals surface area contributed by atoms with Crippen LogP contribution in [0.3, 0.4) is 0 Å². The fourth-order valence-corrected chi connectivity index (χ4v) is 15.3. The average Bonchev–Trinajstić information content (AvgIpc) is 0.771. The van der Waals surface area contributed by atoms with E-state index in [1.165, 1.54) is 205 Å². The zero-order valence-corrected chi connectivity index (χ0v) is 68.0. The van der Waals surface area contributed by atoms with Crippen LogP contribution >= 0.6 is 0 Å². The Morgan fingerprint density at radius 2 is 0.444 bits per heavy atom. The van der Waals surface area contributed by atoms with Crippen molar-refractivity contribution in [2.24, 2.45) is 5.73 Å². The highest BCUT2D eigenvalue weighted by molar-refractivity contribution is 5.89. The van der Waals surface area contributed by atoms with Crippen molar-refractivity contribution in [3.05, 3.63) is 216 Å². The molecule has 0 saturated carbocycles. The molecule has 4 aromatic carbocycles. The van der Waals surface area contributed by atoms with Gasteiger partial charge in [-0.25, -0.2) is 0 Å². The summed E-state index contributed by atoms with van der Waals surface area (Å²) >= 11 is 0. The highest BCUT2D eigenvalue weighted by atomic mass is 14.7. The van der Waals surface area contributed by atoms with Gasteiger partial charge in [-0.15, -0.1) is 0 Å². The second-order valence-electron chi connectivity index (χ2n) is 31.3. The van der Waals surface area contributed by atoms with Crippen molar-refractivity contribution in [1.29, 1.82) is 0 Å². The normalized spacial score (nSPS) is 11.8. The van der Waals surface area contributed by atoms with E-state index in [1.807, 2.05) is 0 Å². The van der Waals surface area contributed by atoms with Crippen LogP contribution in [-0.4, -0.2) is 24.9 Å². The third kappa shape index (κ3) is 29.1. The maximum absolute atomic E-state index is 7.39. The van der Waals surface area contributed by atoms with E-state index in [1.54, 1.807) is 0 Å². The second-order valence-corrected chi connectivity index (χ2v) is 31.3. The number of aryl methyl sites for hydroxylation is 5. The lowest BCUT2D eigenvalue weighted by molar-refractivity contribution is 0.592. The SMILES string of the molecule is CCCCCCCCC/C=C\C=C(/N)c1cc(-c2cc(-c3cc(-c4cccc(CCCCCCCC)n4)cc(-c4cccc(CCCCCCCC)n4)c3)cc(-c3cc(-c4cccc(CCCCCCCC)n4)cc(-c4cccc(CCCCCCCC)n4)c3)c2)cc(-c2cccc(CCCCCCCC)n2)c1. The fraction of sp³-hybridized carbons (Fsp3) is 0.480. The maximum atomic E-state index is 7.39. The van der Waals surface area contributed by atoms with Gasteiger partial charge in [-0.3, -0.25) is 24.9 Å². The summed E-state index contributed by atoms with van der Waals surface area (Å²) in [7, 11) is 0. The Bertz CT molecular complexity index is 3770. The molecule has 0 aliphatic heterocycles. The number of hydrogen-bond acceptors (Lipinski definition) is 6. The quantitative estimate of drug-likeness (QED) is 0.0302. The van der Waals surface area contributed by atoms with Gasteiger partial charge in [0.15, 0.2) is 0 Å². The van der Waals surface area contributed by atoms with Gasteiger partial charge in [-0.1, -0.05) is 283 Å². The number of nitrogens with two attached hydrogens (primary N) is 1. The molecule has 5 heterocycles. The topological polar surface area (TPSA) is 90.5 Å². The standard InChI is InChI=1S/C102H136N6/c1-7-13-19-25-31-32-33-34-40-46-62-97(103)86-71-83(72-87(77-86)98-63-47-57-92(104-98)52-41-35-26-20-14-8-2)80-68-81(84-73-88(99-64-48-58-93(105-99)53-42-36-27-21-15-9-3)78-89(74-84)100-65-49-59-94(106-100)54-43-37-28-22-16-10-4)70-82(69-80)85-75-90(101-66-50-60-95(107-101)55-44-38-29-23-17-11-5)79-91(76-85)102-67-51-61-96(108-102)56-45-39-30-24-18-12-6/h40,46-51,57-79H,7-39,41-45,52-56,103H2,1-6H3/b46-40-,97-62-. The van der Waals surface area contributed by atoms with E-state index < -0.39 is 0 Å². The number of benzene rings is 4. The number of nitrogens with zero attached hydrogens (tertiary/aromatic N) is 5. The van der Waals surface area contributed by atoms with Crippen LogP contribution in [0.4, 0.5) is 0 Å². The number of aromatic nitrogens is 5. The third-order valence-electron chi connectivity index (χ3n) is 21.9. The van der Waals surface area contributed by atoms with Crippen LogP contribution in [0, 0.1) is 0 Å². The zero-order valence-electron chi connectivity index (χ0n) is 68.0. The maximum Gasteiger partial charge on any atom is 0.0705 e. The molecule has 0 aliphatic carbocycles. The molecule has 0 amide bonds. The molecule has 9 rings (SSSR count). The fourth-order valence-electron chi connectivity index (χ4n) is 15.3. The van der Waals surface area contributed by atoms with Crippen LogP contribution in [0.2, 0.25) is 0 Å². The van der Waals surface area contributed by atoms with Gasteiger partial charge in [0.25, 0.3) is 0 Å². The van der Waals surface area contributed by atoms with Gasteiger partial charge < -0.3 is 5.73 Å². The Morgan fingerprint density at radius 1 is 0.241 bits per heavy atom. The van der Waals surface area contributed by atoms with Crippen LogP contribution in [0.5, 0.6) is 0 Å². The van der Waals surface area contributed by atoms with E-state index in [0.29, 0.717) is 0 Å². The number of rotatable bonds is 53. The molecule has 0 aliphatic rings. The molecule has 0 radical (unpaired) electrons. The van der Waals surface area contributed by atoms with Crippen LogP contribution in [0.15, 0.2) is 182 Å². The van der Waals surface area contributed by atoms with Crippen molar-refractivity contribution in [1.82, 2.24) is 24.9 Å². The Hall–Kier alpha value is -8.09. The molecule has 574 valence electrons. The molecule has 0 unspecified atom stereocenters. The number of allylic oxidation sites excluding steroid dienone is 3. The van der Waals surface area contributed by atoms with E-state index in [2.05, 4.69) is 224 Å². The van der Waals surface area contributed by atoms with Gasteiger partial charge in [-0.05, 0) is 256 Å². The lowest BCUT2D eigenvalue weighted by atomic mass is 9.88. The first-order valence-corrected chi connectivity index (χ1v) is 43.8. The summed E-state index contributed by atoms with van der Waals surface area (Å²) in [5.74, 6) is 0. The molecule has 108 heavy (non-hydrogen) atoms. The van der Waals surface area contributed by atoms with Gasteiger partial charge in [-0.2, -0.15) is 0 Å². The molecular weight excluding hydrogens is 1310 g/mol. The lowest BCUT2D eigenvalue weighted by Gasteiger charge is -2.17. The molecule has 6 nitrogen and oxygen atoms in total. The summed E-state index contributed by atoms with van der Waals surface area (Å²) < 4.78 is 0. The first kappa shape index (κ1) is 83.9. The molecule has 6 heteroatoms. The van der Waals surface area contributed by atoms with Crippen molar-refractivity contribution in [2.75, 3.05) is 0 Å². The molecule has 9 aromatic rings. The van der Waals surface area contributed by atoms with E-state index in [0.717, 1.165) is 200 Å². The summed E-state index contributed by atoms with van der Waals surface area (Å²) in [6.45, 7) is 13.8. The average molecular weight is 1450 g/mol. The summed E-state index contributed by atoms with van der Waals surface area (Å²) in [4.78, 5) is 27.5. The van der Waals surface area contributed by atoms with Crippen LogP contribution in [0.25, 0.3) is 95.4 Å². The predicted molar refractivity (Wildman–Crippen MR) is 468 cm³/mol. The Kier molecular flexibility index (Phi) is 38.2. The number of unbranched alkanes of at least 4 members (excludes halogenated alkanes) is 32. The Labute approximate surface area is 655 Å². The van der Waals surface area contributed by atoms with Crippen molar-refractivity contribution in [2.45, 2.75) is 318 Å². The Morgan fingerprint density at radius 3 is 0.713 bits per heavy atom. The third-order valence-corrected chi connectivity index (χ3v) is 21.9. The molecule has 5 aromatic heterocycles. The molecule has 0 saturated heterocycles. The van der Waals surface area contributed by atoms with Gasteiger partial charge >= 0.3 is 0 Å². The first-order chi connectivity index (χ1) is 53.2. The molecule has 0 spiro atoms. The van der Waals surface area contributed by atoms with Crippen LogP contribution < -0.4 is 5.73 Å². The summed E-state index contributed by atoms with van der Waals surface area (Å²) in [5.41, 5.74) is 31.7. The van der Waals surface area contributed by atoms with E-state index >= 15 is 0 Å². The van der Waals surface area contributed by atoms with Crippen LogP contribution in [0.1, 0.15) is 320 Å². The summed E-state index contributed by atoms with van der Waals surface area (Å²) in [6.07, 6.45) is 59.1. The van der Waals surface area contributed by atoms with Gasteiger partial charge in [0.2, 0.25) is 0 Å². The molecule has 0 atom stereocenters. The highest BCUT2D eigenvalue weighted by Gasteiger charge is 2.19. The van der Waals surface area contributed by atoms with E-state index in [4.69, 9.17) is 30.7 Å². The van der Waals surface area contributed by atoms with Crippen molar-refractivity contribution < 1.29 is 0 Å². The van der Waals surface area contributed by atoms with Gasteiger partial charge in [0.1, 0.15) is 0 Å². The largest absolute Gasteiger partial charge is 0.398 e. The van der Waals surface area contributed by atoms with Crippen molar-refractivity contribution in [3.63, 3.8) is 0 Å². The predicted octanol–water partition coefficient (Wildman–Crippen LogP) is 30.5. The minimum absolute atomic E-state index is 0.734. The minimum Gasteiger partial charge on any atom is -0.398 e. The summed E-state index contributed by atoms with van der Waals surface area (Å²) in [6, 6.07) is 61.8. The summed E-state index contributed by atoms with van der Waals surface area (Å²) in [5, 5.41) is 0. The van der Waals surface area contributed by atoms with Crippen molar-refractivity contribution in [3.8, 4) is 89.7 Å². The molecule has 0 bridgehead atoms. The molecule has 0 fully saturated rings. The highest BCUT2D eigenvalue weighted by Crippen LogP contribution is 2.41. The monoisotopic (exact) mass is 1450 g/mol. The Balaban J connectivity index is 1.24. The van der Waals surface area contributed by atoms with E-state index in [9.17, 15) is 0 Å². The lowest BCUT2D eigenvalue weighted by Crippen LogP contribution is -1.99. The van der Waals surface area contributed by atoms with Gasteiger partial charge in [0, 0.05) is 62.0 Å². The number of hydrogen-bond donors (Lipinski definition) is 1. The molecule has 2 N–H and O–H groups in total. The smallest absolute Gasteiger partial charge is 0.0705 e. The second kappa shape index (κ2) is 49.1. The van der Waals surface area contributed by atoms with E-state index in [-0.39, 0.29) is 0 Å². The number of pyridine rings is 5. The zero-order chi connectivity index (χ0) is 75.4. The molecular formula is C102H136N6. The minimum atomic E-state index is 0.734. The first-order valence-electron chi connectivity index (χ1n) is 43.8. The van der Waals surface area contributed by atoms with Gasteiger partial charge in [0.05, 0.1) is 28.5 Å². The van der Waals surface area contributed by atoms with Crippen molar-refractivity contribution >= 4 is 5.70 Å². The van der Waals surface area contributed by atoms with Crippen LogP contribution in [-0.2, 0) is 32.1 Å².